The van der Waals surface area contributed by atoms with Crippen LogP contribution in [0, 0.1) is 0 Å². The molecule has 0 saturated carbocycles. The van der Waals surface area contributed by atoms with E-state index in [9.17, 15) is 5.11 Å². The van der Waals surface area contributed by atoms with Gasteiger partial charge in [0.15, 0.2) is 0 Å². The Labute approximate surface area is 115 Å². The Morgan fingerprint density at radius 3 is 2.18 bits per heavy atom. The molecule has 0 aliphatic carbocycles. The van der Waals surface area contributed by atoms with Crippen molar-refractivity contribution >= 4 is 53.4 Å². The molecule has 0 aliphatic rings. The molecule has 1 nitrogen and oxygen atoms in total. The molecule has 17 heavy (non-hydrogen) atoms. The van der Waals surface area contributed by atoms with Gasteiger partial charge >= 0.3 is 0 Å². The molecule has 1 N–H and O–H groups in total. The van der Waals surface area contributed by atoms with Gasteiger partial charge in [0.2, 0.25) is 0 Å². The van der Waals surface area contributed by atoms with Crippen LogP contribution < -0.4 is 0 Å². The topological polar surface area (TPSA) is 20.2 Å². The quantitative estimate of drug-likeness (QED) is 0.550. The molecule has 0 fully saturated rings. The average Bonchev–Trinajstić information content (AvgIpc) is 2.34. The summed E-state index contributed by atoms with van der Waals surface area (Å²) in [6.07, 6.45) is 0. The first-order valence-corrected chi connectivity index (χ1v) is 6.75. The third kappa shape index (κ3) is 1.74. The van der Waals surface area contributed by atoms with Crippen LogP contribution in [0.25, 0.3) is 21.5 Å². The highest BCUT2D eigenvalue weighted by Gasteiger charge is 2.09. The Morgan fingerprint density at radius 2 is 1.47 bits per heavy atom. The summed E-state index contributed by atoms with van der Waals surface area (Å²) < 4.78 is 1.55. The van der Waals surface area contributed by atoms with E-state index in [-0.39, 0.29) is 5.75 Å². The smallest absolute Gasteiger partial charge is 0.138 e. The van der Waals surface area contributed by atoms with Crippen LogP contribution >= 0.6 is 31.9 Å². The van der Waals surface area contributed by atoms with Crippen molar-refractivity contribution in [2.45, 2.75) is 0 Å². The van der Waals surface area contributed by atoms with Crippen molar-refractivity contribution in [2.75, 3.05) is 0 Å². The van der Waals surface area contributed by atoms with Crippen LogP contribution in [-0.4, -0.2) is 5.11 Å². The molecule has 84 valence electrons. The molecule has 0 aromatic heterocycles. The molecule has 0 aliphatic heterocycles. The molecule has 0 unspecified atom stereocenters. The Bertz CT molecular complexity index is 735. The molecule has 3 rings (SSSR count). The second-order valence-electron chi connectivity index (χ2n) is 3.94. The van der Waals surface area contributed by atoms with Gasteiger partial charge in [0.25, 0.3) is 0 Å². The number of halogens is 2. The fourth-order valence-corrected chi connectivity index (χ4v) is 2.78. The van der Waals surface area contributed by atoms with E-state index < -0.39 is 0 Å². The lowest BCUT2D eigenvalue weighted by Crippen LogP contribution is -1.80. The lowest BCUT2D eigenvalue weighted by molar-refractivity contribution is 0.478. The Balaban J connectivity index is 2.52. The Kier molecular flexibility index (Phi) is 2.60. The van der Waals surface area contributed by atoms with Gasteiger partial charge in [-0.2, -0.15) is 0 Å². The average molecular weight is 352 g/mol. The zero-order chi connectivity index (χ0) is 12.0. The Hall–Kier alpha value is -1.06. The van der Waals surface area contributed by atoms with Crippen LogP contribution in [0.3, 0.4) is 0 Å². The molecule has 0 saturated heterocycles. The van der Waals surface area contributed by atoms with Crippen molar-refractivity contribution in [3.8, 4) is 5.75 Å². The highest BCUT2D eigenvalue weighted by Crippen LogP contribution is 2.39. The number of fused-ring (bicyclic) bond motifs is 2. The third-order valence-electron chi connectivity index (χ3n) is 2.87. The van der Waals surface area contributed by atoms with Gasteiger partial charge in [-0.3, -0.25) is 0 Å². The molecule has 0 radical (unpaired) electrons. The third-order valence-corrected chi connectivity index (χ3v) is 4.83. The first-order valence-electron chi connectivity index (χ1n) is 5.16. The lowest BCUT2D eigenvalue weighted by Gasteiger charge is -2.07. The minimum Gasteiger partial charge on any atom is -0.506 e. The number of benzene rings is 3. The molecular formula is C14H8Br2O. The lowest BCUT2D eigenvalue weighted by atomic mass is 10.0. The molecule has 0 atom stereocenters. The fourth-order valence-electron chi connectivity index (χ4n) is 2.01. The maximum atomic E-state index is 10.1. The van der Waals surface area contributed by atoms with Crippen molar-refractivity contribution in [2.24, 2.45) is 0 Å². The number of phenols is 1. The largest absolute Gasteiger partial charge is 0.506 e. The minimum absolute atomic E-state index is 0.278. The van der Waals surface area contributed by atoms with E-state index in [2.05, 4.69) is 44.0 Å². The number of rotatable bonds is 0. The number of aromatic hydroxyl groups is 1. The highest BCUT2D eigenvalue weighted by molar-refractivity contribution is 9.13. The van der Waals surface area contributed by atoms with Gasteiger partial charge in [-0.15, -0.1) is 0 Å². The van der Waals surface area contributed by atoms with Crippen LogP contribution in [0.4, 0.5) is 0 Å². The molecule has 3 aromatic rings. The van der Waals surface area contributed by atoms with Gasteiger partial charge in [0.1, 0.15) is 5.75 Å². The first-order chi connectivity index (χ1) is 8.16. The molecule has 0 heterocycles. The highest BCUT2D eigenvalue weighted by atomic mass is 79.9. The molecule has 0 amide bonds. The molecule has 0 bridgehead atoms. The summed E-state index contributed by atoms with van der Waals surface area (Å²) in [5.41, 5.74) is 0. The molecular weight excluding hydrogens is 344 g/mol. The van der Waals surface area contributed by atoms with E-state index in [0.29, 0.717) is 4.47 Å². The van der Waals surface area contributed by atoms with Crippen LogP contribution in [0.5, 0.6) is 5.75 Å². The van der Waals surface area contributed by atoms with E-state index >= 15 is 0 Å². The Morgan fingerprint density at radius 1 is 0.824 bits per heavy atom. The van der Waals surface area contributed by atoms with Gasteiger partial charge in [-0.25, -0.2) is 0 Å². The maximum Gasteiger partial charge on any atom is 0.138 e. The monoisotopic (exact) mass is 350 g/mol. The number of phenolic OH excluding ortho intramolecular Hbond substituents is 1. The van der Waals surface area contributed by atoms with Crippen molar-refractivity contribution in [3.63, 3.8) is 0 Å². The van der Waals surface area contributed by atoms with E-state index in [1.807, 2.05) is 30.3 Å². The number of hydrogen-bond acceptors (Lipinski definition) is 1. The van der Waals surface area contributed by atoms with E-state index in [1.54, 1.807) is 0 Å². The fraction of sp³-hybridized carbons (Fsp3) is 0. The maximum absolute atomic E-state index is 10.1. The summed E-state index contributed by atoms with van der Waals surface area (Å²) in [7, 11) is 0. The van der Waals surface area contributed by atoms with Crippen molar-refractivity contribution in [1.82, 2.24) is 0 Å². The summed E-state index contributed by atoms with van der Waals surface area (Å²) in [6, 6.07) is 14.2. The predicted octanol–water partition coefficient (Wildman–Crippen LogP) is 5.22. The van der Waals surface area contributed by atoms with E-state index in [4.69, 9.17) is 0 Å². The van der Waals surface area contributed by atoms with E-state index in [1.165, 1.54) is 5.39 Å². The molecule has 3 heteroatoms. The van der Waals surface area contributed by atoms with Gasteiger partial charge < -0.3 is 5.11 Å². The zero-order valence-electron chi connectivity index (χ0n) is 8.74. The SMILES string of the molecule is Oc1c(Br)c(Br)cc2cc3ccccc3cc12. The van der Waals surface area contributed by atoms with Crippen LogP contribution in [0.15, 0.2) is 51.4 Å². The van der Waals surface area contributed by atoms with Crippen LogP contribution in [-0.2, 0) is 0 Å². The van der Waals surface area contributed by atoms with Gasteiger partial charge in [0.05, 0.1) is 4.47 Å². The summed E-state index contributed by atoms with van der Waals surface area (Å²) in [4.78, 5) is 0. The van der Waals surface area contributed by atoms with Crippen LogP contribution in [0.2, 0.25) is 0 Å². The van der Waals surface area contributed by atoms with Gasteiger partial charge in [-0.05, 0) is 66.2 Å². The van der Waals surface area contributed by atoms with E-state index in [0.717, 1.165) is 20.6 Å². The summed E-state index contributed by atoms with van der Waals surface area (Å²) in [5, 5.41) is 14.3. The second kappa shape index (κ2) is 4.00. The second-order valence-corrected chi connectivity index (χ2v) is 5.59. The summed E-state index contributed by atoms with van der Waals surface area (Å²) >= 11 is 6.79. The summed E-state index contributed by atoms with van der Waals surface area (Å²) in [6.45, 7) is 0. The van der Waals surface area contributed by atoms with Crippen molar-refractivity contribution in [3.05, 3.63) is 51.4 Å². The van der Waals surface area contributed by atoms with Gasteiger partial charge in [0, 0.05) is 9.86 Å². The number of hydrogen-bond donors (Lipinski definition) is 1. The van der Waals surface area contributed by atoms with Crippen molar-refractivity contribution in [1.29, 1.82) is 0 Å². The first kappa shape index (κ1) is 11.1. The molecule has 3 aromatic carbocycles. The zero-order valence-corrected chi connectivity index (χ0v) is 11.9. The summed E-state index contributed by atoms with van der Waals surface area (Å²) in [5.74, 6) is 0.278. The molecule has 0 spiro atoms. The normalized spacial score (nSPS) is 11.2. The standard InChI is InChI=1S/C14H8Br2O/c15-12-7-10-5-8-3-1-2-4-9(8)6-11(10)14(17)13(12)16/h1-7,17H. The predicted molar refractivity (Wildman–Crippen MR) is 78.5 cm³/mol. The van der Waals surface area contributed by atoms with Gasteiger partial charge in [-0.1, -0.05) is 24.3 Å². The minimum atomic E-state index is 0.278. The van der Waals surface area contributed by atoms with Crippen molar-refractivity contribution < 1.29 is 5.11 Å². The van der Waals surface area contributed by atoms with Crippen LogP contribution in [0.1, 0.15) is 0 Å².